The molecule has 0 bridgehead atoms. The Balaban J connectivity index is 1.83. The summed E-state index contributed by atoms with van der Waals surface area (Å²) < 4.78 is 8.07. The number of hydrogen-bond acceptors (Lipinski definition) is 3. The minimum absolute atomic E-state index is 0.182. The van der Waals surface area contributed by atoms with Gasteiger partial charge < -0.3 is 4.74 Å². The zero-order valence-electron chi connectivity index (χ0n) is 11.3. The molecule has 2 fully saturated rings. The molecule has 1 saturated carbocycles. The molecule has 2 aliphatic rings. The third kappa shape index (κ3) is 2.44. The topological polar surface area (TPSA) is 39.9 Å². The van der Waals surface area contributed by atoms with Gasteiger partial charge in [0.2, 0.25) is 0 Å². The van der Waals surface area contributed by atoms with Gasteiger partial charge in [-0.25, -0.2) is 9.67 Å². The molecule has 4 nitrogen and oxygen atoms in total. The van der Waals surface area contributed by atoms with Gasteiger partial charge in [-0.05, 0) is 39.0 Å². The third-order valence-corrected chi connectivity index (χ3v) is 4.15. The highest BCUT2D eigenvalue weighted by Gasteiger charge is 2.26. The molecular weight excluding hydrogens is 226 g/mol. The van der Waals surface area contributed by atoms with Gasteiger partial charge >= 0.3 is 0 Å². The van der Waals surface area contributed by atoms with Crippen molar-refractivity contribution in [1.82, 2.24) is 14.8 Å². The zero-order valence-corrected chi connectivity index (χ0v) is 11.3. The molecule has 0 radical (unpaired) electrons. The fraction of sp³-hybridized carbons (Fsp3) is 0.857. The van der Waals surface area contributed by atoms with Crippen LogP contribution in [0.2, 0.25) is 0 Å². The molecule has 18 heavy (non-hydrogen) atoms. The maximum absolute atomic E-state index is 5.89. The van der Waals surface area contributed by atoms with Crippen LogP contribution < -0.4 is 0 Å². The van der Waals surface area contributed by atoms with Crippen LogP contribution in [0.3, 0.4) is 0 Å². The quantitative estimate of drug-likeness (QED) is 0.807. The molecule has 1 aromatic heterocycles. The summed E-state index contributed by atoms with van der Waals surface area (Å²) in [4.78, 5) is 4.64. The van der Waals surface area contributed by atoms with Crippen molar-refractivity contribution in [3.05, 3.63) is 11.6 Å². The summed E-state index contributed by atoms with van der Waals surface area (Å²) in [5.41, 5.74) is 0. The summed E-state index contributed by atoms with van der Waals surface area (Å²) in [6, 6.07) is 0.556. The second-order valence-electron chi connectivity index (χ2n) is 5.61. The van der Waals surface area contributed by atoms with Crippen molar-refractivity contribution < 1.29 is 4.74 Å². The molecule has 0 amide bonds. The molecule has 2 heterocycles. The van der Waals surface area contributed by atoms with Crippen molar-refractivity contribution in [2.45, 2.75) is 70.4 Å². The van der Waals surface area contributed by atoms with E-state index in [0.29, 0.717) is 6.04 Å². The predicted octanol–water partition coefficient (Wildman–Crippen LogP) is 3.33. The van der Waals surface area contributed by atoms with Crippen LogP contribution >= 0.6 is 0 Å². The Labute approximate surface area is 109 Å². The molecule has 4 heteroatoms. The molecule has 0 N–H and O–H groups in total. The number of ether oxygens (including phenoxy) is 1. The fourth-order valence-corrected chi connectivity index (χ4v) is 3.20. The summed E-state index contributed by atoms with van der Waals surface area (Å²) in [7, 11) is 0. The largest absolute Gasteiger partial charge is 0.370 e. The second kappa shape index (κ2) is 5.39. The van der Waals surface area contributed by atoms with Crippen LogP contribution in [0.4, 0.5) is 0 Å². The molecule has 3 rings (SSSR count). The molecule has 1 aliphatic heterocycles. The standard InChI is InChI=1S/C14H23N3O/c1-11-15-14(13-9-5-6-10-18-13)17(16-11)12-7-3-2-4-8-12/h12-13H,2-10H2,1H3. The summed E-state index contributed by atoms with van der Waals surface area (Å²) in [6.45, 7) is 2.87. The van der Waals surface area contributed by atoms with Gasteiger partial charge in [0.25, 0.3) is 0 Å². The van der Waals surface area contributed by atoms with Crippen molar-refractivity contribution >= 4 is 0 Å². The Morgan fingerprint density at radius 2 is 1.83 bits per heavy atom. The molecule has 1 saturated heterocycles. The van der Waals surface area contributed by atoms with E-state index in [4.69, 9.17) is 4.74 Å². The van der Waals surface area contributed by atoms with Crippen LogP contribution in [0.25, 0.3) is 0 Å². The monoisotopic (exact) mass is 249 g/mol. The minimum Gasteiger partial charge on any atom is -0.370 e. The normalized spacial score (nSPS) is 26.4. The van der Waals surface area contributed by atoms with E-state index < -0.39 is 0 Å². The summed E-state index contributed by atoms with van der Waals surface area (Å²) in [5.74, 6) is 1.98. The molecular formula is C14H23N3O. The summed E-state index contributed by atoms with van der Waals surface area (Å²) in [5, 5.41) is 4.64. The number of aromatic nitrogens is 3. The van der Waals surface area contributed by atoms with Gasteiger partial charge in [-0.15, -0.1) is 0 Å². The second-order valence-corrected chi connectivity index (χ2v) is 5.61. The lowest BCUT2D eigenvalue weighted by molar-refractivity contribution is 0.00513. The Hall–Kier alpha value is -0.900. The van der Waals surface area contributed by atoms with E-state index in [9.17, 15) is 0 Å². The first-order valence-electron chi connectivity index (χ1n) is 7.39. The summed E-state index contributed by atoms with van der Waals surface area (Å²) >= 11 is 0. The molecule has 1 atom stereocenters. The van der Waals surface area contributed by atoms with Crippen molar-refractivity contribution in [2.75, 3.05) is 6.61 Å². The van der Waals surface area contributed by atoms with Crippen LogP contribution in [0.15, 0.2) is 0 Å². The van der Waals surface area contributed by atoms with E-state index in [1.807, 2.05) is 6.92 Å². The van der Waals surface area contributed by atoms with Crippen LogP contribution in [0.1, 0.15) is 75.2 Å². The highest BCUT2D eigenvalue weighted by molar-refractivity contribution is 4.99. The lowest BCUT2D eigenvalue weighted by atomic mass is 9.95. The molecule has 100 valence electrons. The van der Waals surface area contributed by atoms with Gasteiger partial charge in [0.05, 0.1) is 6.04 Å². The molecule has 1 aliphatic carbocycles. The van der Waals surface area contributed by atoms with Gasteiger partial charge in [0, 0.05) is 6.61 Å². The Kier molecular flexibility index (Phi) is 3.64. The van der Waals surface area contributed by atoms with Crippen molar-refractivity contribution in [2.24, 2.45) is 0 Å². The van der Waals surface area contributed by atoms with E-state index in [1.165, 1.54) is 44.9 Å². The first-order valence-corrected chi connectivity index (χ1v) is 7.39. The number of nitrogens with zero attached hydrogens (tertiary/aromatic N) is 3. The maximum atomic E-state index is 5.89. The average molecular weight is 249 g/mol. The highest BCUT2D eigenvalue weighted by Crippen LogP contribution is 2.33. The minimum atomic E-state index is 0.182. The van der Waals surface area contributed by atoms with E-state index in [0.717, 1.165) is 24.7 Å². The smallest absolute Gasteiger partial charge is 0.156 e. The van der Waals surface area contributed by atoms with Gasteiger partial charge in [-0.3, -0.25) is 0 Å². The molecule has 0 aromatic carbocycles. The lowest BCUT2D eigenvalue weighted by Crippen LogP contribution is -2.22. The van der Waals surface area contributed by atoms with Crippen LogP contribution in [0, 0.1) is 6.92 Å². The number of hydrogen-bond donors (Lipinski definition) is 0. The van der Waals surface area contributed by atoms with Crippen molar-refractivity contribution in [3.8, 4) is 0 Å². The van der Waals surface area contributed by atoms with E-state index in [1.54, 1.807) is 0 Å². The van der Waals surface area contributed by atoms with Gasteiger partial charge in [0.15, 0.2) is 5.82 Å². The first kappa shape index (κ1) is 12.2. The van der Waals surface area contributed by atoms with Gasteiger partial charge in [-0.2, -0.15) is 5.10 Å². The molecule has 1 aromatic rings. The SMILES string of the molecule is Cc1nc(C2CCCCO2)n(C2CCCCC2)n1. The van der Waals surface area contributed by atoms with Crippen LogP contribution in [-0.2, 0) is 4.74 Å². The zero-order chi connectivity index (χ0) is 12.4. The van der Waals surface area contributed by atoms with E-state index >= 15 is 0 Å². The van der Waals surface area contributed by atoms with Crippen molar-refractivity contribution in [1.29, 1.82) is 0 Å². The van der Waals surface area contributed by atoms with E-state index in [2.05, 4.69) is 14.8 Å². The number of rotatable bonds is 2. The first-order chi connectivity index (χ1) is 8.84. The highest BCUT2D eigenvalue weighted by atomic mass is 16.5. The van der Waals surface area contributed by atoms with Crippen LogP contribution in [-0.4, -0.2) is 21.4 Å². The van der Waals surface area contributed by atoms with Gasteiger partial charge in [0.1, 0.15) is 11.9 Å². The molecule has 0 spiro atoms. The van der Waals surface area contributed by atoms with E-state index in [-0.39, 0.29) is 6.10 Å². The van der Waals surface area contributed by atoms with Gasteiger partial charge in [-0.1, -0.05) is 19.3 Å². The lowest BCUT2D eigenvalue weighted by Gasteiger charge is -2.27. The molecule has 1 unspecified atom stereocenters. The fourth-order valence-electron chi connectivity index (χ4n) is 3.20. The predicted molar refractivity (Wildman–Crippen MR) is 69.4 cm³/mol. The average Bonchev–Trinajstić information content (AvgIpc) is 2.83. The van der Waals surface area contributed by atoms with Crippen molar-refractivity contribution in [3.63, 3.8) is 0 Å². The Morgan fingerprint density at radius 1 is 1.06 bits per heavy atom. The third-order valence-electron chi connectivity index (χ3n) is 4.15. The maximum Gasteiger partial charge on any atom is 0.156 e. The Morgan fingerprint density at radius 3 is 2.56 bits per heavy atom. The van der Waals surface area contributed by atoms with Crippen LogP contribution in [0.5, 0.6) is 0 Å². The summed E-state index contributed by atoms with van der Waals surface area (Å²) in [6.07, 6.45) is 10.3. The Bertz CT molecular complexity index is 354. The number of aryl methyl sites for hydroxylation is 1.